The number of nitrogens with one attached hydrogen (secondary N) is 1. The molecule has 0 spiro atoms. The molecule has 26 heavy (non-hydrogen) atoms. The lowest BCUT2D eigenvalue weighted by atomic mass is 9.96. The number of ether oxygens (including phenoxy) is 1. The van der Waals surface area contributed by atoms with Crippen LogP contribution >= 0.6 is 0 Å². The van der Waals surface area contributed by atoms with Crippen molar-refractivity contribution in [3.63, 3.8) is 0 Å². The summed E-state index contributed by atoms with van der Waals surface area (Å²) in [6.07, 6.45) is -4.77. The lowest BCUT2D eigenvalue weighted by molar-refractivity contribution is -0.254. The number of carbonyl (C=O) groups excluding carboxylic acids is 2. The molecule has 150 valence electrons. The second-order valence-electron chi connectivity index (χ2n) is 7.16. The summed E-state index contributed by atoms with van der Waals surface area (Å²) in [6.45, 7) is 1.10. The van der Waals surface area contributed by atoms with Crippen molar-refractivity contribution in [3.8, 4) is 0 Å². The number of carbonyl (C=O) groups is 2. The van der Waals surface area contributed by atoms with Crippen LogP contribution in [0.3, 0.4) is 0 Å². The molecule has 0 aromatic rings. The number of aliphatic hydroxyl groups excluding tert-OH is 4. The predicted molar refractivity (Wildman–Crippen MR) is 89.8 cm³/mol. The van der Waals surface area contributed by atoms with E-state index < -0.39 is 49.1 Å². The van der Waals surface area contributed by atoms with Crippen molar-refractivity contribution in [1.29, 1.82) is 0 Å². The van der Waals surface area contributed by atoms with Gasteiger partial charge in [-0.3, -0.25) is 9.59 Å². The molecule has 2 amide bonds. The Bertz CT molecular complexity index is 504. The molecule has 5 N–H and O–H groups in total. The summed E-state index contributed by atoms with van der Waals surface area (Å²) >= 11 is 0. The van der Waals surface area contributed by atoms with Crippen molar-refractivity contribution < 1.29 is 34.8 Å². The smallest absolute Gasteiger partial charge is 0.225 e. The summed E-state index contributed by atoms with van der Waals surface area (Å²) in [5.74, 6) is -1.19. The van der Waals surface area contributed by atoms with Gasteiger partial charge < -0.3 is 40.3 Å². The topological polar surface area (TPSA) is 143 Å². The molecule has 10 heteroatoms. The first-order valence-electron chi connectivity index (χ1n) is 8.78. The molecule has 4 unspecified atom stereocenters. The van der Waals surface area contributed by atoms with Crippen LogP contribution in [0.5, 0.6) is 0 Å². The Balaban J connectivity index is 1.88. The molecular formula is C16H29N3O7. The van der Waals surface area contributed by atoms with E-state index in [1.807, 2.05) is 19.0 Å². The van der Waals surface area contributed by atoms with E-state index in [1.54, 1.807) is 4.90 Å². The fourth-order valence-corrected chi connectivity index (χ4v) is 3.28. The van der Waals surface area contributed by atoms with Crippen LogP contribution in [0.2, 0.25) is 0 Å². The zero-order chi connectivity index (χ0) is 19.4. The van der Waals surface area contributed by atoms with E-state index in [9.17, 15) is 24.9 Å². The first kappa shape index (κ1) is 21.0. The molecular weight excluding hydrogens is 346 g/mol. The minimum atomic E-state index is -1.57. The van der Waals surface area contributed by atoms with Gasteiger partial charge >= 0.3 is 0 Å². The summed E-state index contributed by atoms with van der Waals surface area (Å²) in [6, 6.07) is -1.24. The molecule has 0 radical (unpaired) electrons. The van der Waals surface area contributed by atoms with Gasteiger partial charge in [0.15, 0.2) is 6.29 Å². The first-order valence-corrected chi connectivity index (χ1v) is 8.78. The van der Waals surface area contributed by atoms with Crippen molar-refractivity contribution in [2.24, 2.45) is 5.92 Å². The quantitative estimate of drug-likeness (QED) is 0.311. The Morgan fingerprint density at radius 2 is 2.00 bits per heavy atom. The average Bonchev–Trinajstić information content (AvgIpc) is 2.95. The van der Waals surface area contributed by atoms with E-state index in [1.165, 1.54) is 0 Å². The van der Waals surface area contributed by atoms with Gasteiger partial charge in [-0.1, -0.05) is 0 Å². The minimum absolute atomic E-state index is 0.0649. The van der Waals surface area contributed by atoms with E-state index in [0.29, 0.717) is 6.54 Å². The van der Waals surface area contributed by atoms with Gasteiger partial charge in [-0.2, -0.15) is 0 Å². The Morgan fingerprint density at radius 3 is 2.62 bits per heavy atom. The lowest BCUT2D eigenvalue weighted by Crippen LogP contribution is -2.64. The number of hydrogen-bond acceptors (Lipinski definition) is 8. The van der Waals surface area contributed by atoms with Gasteiger partial charge in [-0.25, -0.2) is 0 Å². The monoisotopic (exact) mass is 375 g/mol. The molecule has 0 saturated carbocycles. The fraction of sp³-hybridized carbons (Fsp3) is 0.875. The summed E-state index contributed by atoms with van der Waals surface area (Å²) in [4.78, 5) is 28.1. The molecule has 0 bridgehead atoms. The summed E-state index contributed by atoms with van der Waals surface area (Å²) in [5.41, 5.74) is 0. The third-order valence-electron chi connectivity index (χ3n) is 4.83. The zero-order valence-electron chi connectivity index (χ0n) is 15.1. The molecule has 10 nitrogen and oxygen atoms in total. The lowest BCUT2D eigenvalue weighted by Gasteiger charge is -2.40. The van der Waals surface area contributed by atoms with Crippen molar-refractivity contribution >= 4 is 11.8 Å². The zero-order valence-corrected chi connectivity index (χ0v) is 15.1. The van der Waals surface area contributed by atoms with Crippen LogP contribution in [-0.2, 0) is 14.3 Å². The van der Waals surface area contributed by atoms with E-state index in [0.717, 1.165) is 13.0 Å². The molecule has 0 aromatic carbocycles. The first-order chi connectivity index (χ1) is 12.2. The van der Waals surface area contributed by atoms with Gasteiger partial charge in [0.1, 0.15) is 24.4 Å². The number of hydrogen-bond donors (Lipinski definition) is 5. The number of rotatable bonds is 7. The highest BCUT2D eigenvalue weighted by molar-refractivity contribution is 5.89. The molecule has 2 saturated heterocycles. The van der Waals surface area contributed by atoms with Crippen LogP contribution in [-0.4, -0.2) is 113 Å². The standard InChI is InChI=1S/C16H29N3O7/c1-18(2)4-3-5-19-7-9(6-11(19)21)15(24)17-12-14(23)13(22)10(8-20)26-16(12)25/h9-10,12-14,16,20,22-23,25H,3-8H2,1-2H3,(H,17,24)/t9?,10-,12?,13?,14-,16?/m1/s1. The Morgan fingerprint density at radius 1 is 1.31 bits per heavy atom. The van der Waals surface area contributed by atoms with E-state index in [-0.39, 0.29) is 18.9 Å². The number of nitrogens with zero attached hydrogens (tertiary/aromatic N) is 2. The van der Waals surface area contributed by atoms with Crippen LogP contribution < -0.4 is 5.32 Å². The molecule has 2 heterocycles. The second kappa shape index (κ2) is 9.07. The van der Waals surface area contributed by atoms with Crippen LogP contribution in [0.25, 0.3) is 0 Å². The third kappa shape index (κ3) is 4.90. The maximum Gasteiger partial charge on any atom is 0.225 e. The van der Waals surface area contributed by atoms with Gasteiger partial charge in [-0.05, 0) is 27.1 Å². The summed E-state index contributed by atoms with van der Waals surface area (Å²) < 4.78 is 5.01. The van der Waals surface area contributed by atoms with E-state index >= 15 is 0 Å². The van der Waals surface area contributed by atoms with Crippen LogP contribution in [0, 0.1) is 5.92 Å². The maximum absolute atomic E-state index is 12.4. The van der Waals surface area contributed by atoms with Crippen molar-refractivity contribution in [2.75, 3.05) is 40.3 Å². The highest BCUT2D eigenvalue weighted by Crippen LogP contribution is 2.22. The molecule has 2 aliphatic heterocycles. The average molecular weight is 375 g/mol. The summed E-state index contributed by atoms with van der Waals surface area (Å²) in [7, 11) is 3.89. The van der Waals surface area contributed by atoms with Gasteiger partial charge in [0.25, 0.3) is 0 Å². The minimum Gasteiger partial charge on any atom is -0.394 e. The Kier molecular flexibility index (Phi) is 7.33. The van der Waals surface area contributed by atoms with Gasteiger partial charge in [0.2, 0.25) is 11.8 Å². The molecule has 2 aliphatic rings. The van der Waals surface area contributed by atoms with Gasteiger partial charge in [0.05, 0.1) is 12.5 Å². The largest absolute Gasteiger partial charge is 0.394 e. The number of amides is 2. The highest BCUT2D eigenvalue weighted by atomic mass is 16.6. The molecule has 0 aliphatic carbocycles. The van der Waals surface area contributed by atoms with Gasteiger partial charge in [-0.15, -0.1) is 0 Å². The molecule has 6 atom stereocenters. The fourth-order valence-electron chi connectivity index (χ4n) is 3.28. The van der Waals surface area contributed by atoms with Gasteiger partial charge in [0, 0.05) is 19.5 Å². The third-order valence-corrected chi connectivity index (χ3v) is 4.83. The Hall–Kier alpha value is -1.30. The second-order valence-corrected chi connectivity index (χ2v) is 7.16. The predicted octanol–water partition coefficient (Wildman–Crippen LogP) is -3.30. The van der Waals surface area contributed by atoms with Crippen LogP contribution in [0.15, 0.2) is 0 Å². The Labute approximate surface area is 152 Å². The summed E-state index contributed by atoms with van der Waals surface area (Å²) in [5, 5.41) is 41.4. The van der Waals surface area contributed by atoms with Crippen molar-refractivity contribution in [3.05, 3.63) is 0 Å². The highest BCUT2D eigenvalue weighted by Gasteiger charge is 2.45. The van der Waals surface area contributed by atoms with Crippen LogP contribution in [0.1, 0.15) is 12.8 Å². The number of aliphatic hydroxyl groups is 4. The molecule has 2 rings (SSSR count). The van der Waals surface area contributed by atoms with Crippen LogP contribution in [0.4, 0.5) is 0 Å². The molecule has 0 aromatic heterocycles. The van der Waals surface area contributed by atoms with E-state index in [4.69, 9.17) is 9.84 Å². The van der Waals surface area contributed by atoms with Crippen molar-refractivity contribution in [1.82, 2.24) is 15.1 Å². The SMILES string of the molecule is CN(C)CCCN1CC(C(=O)NC2C(O)O[C@H](CO)C(O)[C@@H]2O)CC1=O. The number of likely N-dealkylation sites (tertiary alicyclic amines) is 1. The maximum atomic E-state index is 12.4. The van der Waals surface area contributed by atoms with E-state index in [2.05, 4.69) is 5.32 Å². The molecule has 2 fully saturated rings. The normalized spacial score (nSPS) is 35.2. The van der Waals surface area contributed by atoms with Crippen molar-refractivity contribution in [2.45, 2.75) is 43.5 Å².